The summed E-state index contributed by atoms with van der Waals surface area (Å²) >= 11 is 13.8. The lowest BCUT2D eigenvalue weighted by molar-refractivity contribution is 0.0920. The van der Waals surface area contributed by atoms with Gasteiger partial charge in [-0.25, -0.2) is 4.98 Å². The number of ether oxygens (including phenoxy) is 1. The Bertz CT molecular complexity index is 909. The predicted molar refractivity (Wildman–Crippen MR) is 114 cm³/mol. The van der Waals surface area contributed by atoms with Crippen molar-refractivity contribution in [2.24, 2.45) is 0 Å². The second-order valence-electron chi connectivity index (χ2n) is 6.63. The third-order valence-corrected chi connectivity index (χ3v) is 5.64. The molecule has 3 aromatic rings. The molecule has 28 heavy (non-hydrogen) atoms. The van der Waals surface area contributed by atoms with E-state index >= 15 is 0 Å². The molecule has 0 atom stereocenters. The van der Waals surface area contributed by atoms with E-state index in [1.165, 1.54) is 11.8 Å². The maximum Gasteiger partial charge on any atom is 0.137 e. The Labute approximate surface area is 179 Å². The first-order valence-electron chi connectivity index (χ1n) is 8.93. The zero-order valence-corrected chi connectivity index (χ0v) is 18.1. The van der Waals surface area contributed by atoms with Gasteiger partial charge >= 0.3 is 0 Å². The van der Waals surface area contributed by atoms with Crippen LogP contribution in [0.25, 0.3) is 0 Å². The third kappa shape index (κ3) is 5.31. The van der Waals surface area contributed by atoms with E-state index in [1.807, 2.05) is 42.5 Å². The van der Waals surface area contributed by atoms with E-state index in [0.717, 1.165) is 21.2 Å². The van der Waals surface area contributed by atoms with Gasteiger partial charge in [0.15, 0.2) is 0 Å². The summed E-state index contributed by atoms with van der Waals surface area (Å²) in [6.45, 7) is 4.77. The maximum atomic E-state index is 10.00. The van der Waals surface area contributed by atoms with Crippen LogP contribution < -0.4 is 0 Å². The van der Waals surface area contributed by atoms with Crippen LogP contribution in [0.5, 0.6) is 0 Å². The summed E-state index contributed by atoms with van der Waals surface area (Å²) in [7, 11) is 0. The Hall–Kier alpha value is -1.50. The van der Waals surface area contributed by atoms with Crippen molar-refractivity contribution < 1.29 is 9.84 Å². The highest BCUT2D eigenvalue weighted by molar-refractivity contribution is 7.99. The molecule has 0 bridgehead atoms. The molecule has 0 amide bonds. The summed E-state index contributed by atoms with van der Waals surface area (Å²) in [5.41, 5.74) is 2.00. The summed E-state index contributed by atoms with van der Waals surface area (Å²) in [4.78, 5) is 5.64. The van der Waals surface area contributed by atoms with Crippen LogP contribution >= 0.6 is 35.0 Å². The van der Waals surface area contributed by atoms with Crippen LogP contribution in [-0.4, -0.2) is 14.7 Å². The van der Waals surface area contributed by atoms with E-state index in [1.54, 1.807) is 10.6 Å². The Kier molecular flexibility index (Phi) is 7.43. The molecule has 2 aromatic carbocycles. The second kappa shape index (κ2) is 9.81. The van der Waals surface area contributed by atoms with E-state index in [0.29, 0.717) is 29.1 Å². The van der Waals surface area contributed by atoms with E-state index in [2.05, 4.69) is 13.8 Å². The van der Waals surface area contributed by atoms with Crippen molar-refractivity contribution in [3.63, 3.8) is 0 Å². The molecule has 1 N–H and O–H groups in total. The fourth-order valence-electron chi connectivity index (χ4n) is 2.78. The molecule has 0 radical (unpaired) electrons. The van der Waals surface area contributed by atoms with Gasteiger partial charge in [0, 0.05) is 14.9 Å². The Morgan fingerprint density at radius 3 is 2.36 bits per heavy atom. The van der Waals surface area contributed by atoms with Crippen LogP contribution in [0.15, 0.2) is 58.5 Å². The summed E-state index contributed by atoms with van der Waals surface area (Å²) in [6.07, 6.45) is 0. The molecule has 0 saturated carbocycles. The minimum Gasteiger partial charge on any atom is -0.376 e. The Morgan fingerprint density at radius 2 is 1.75 bits per heavy atom. The molecule has 0 aliphatic rings. The number of imidazole rings is 1. The van der Waals surface area contributed by atoms with Gasteiger partial charge in [-0.05, 0) is 29.7 Å². The van der Waals surface area contributed by atoms with Gasteiger partial charge in [0.25, 0.3) is 0 Å². The van der Waals surface area contributed by atoms with Crippen molar-refractivity contribution in [2.45, 2.75) is 49.6 Å². The first kappa shape index (κ1) is 21.2. The van der Waals surface area contributed by atoms with E-state index < -0.39 is 0 Å². The number of aliphatic hydroxyl groups is 1. The van der Waals surface area contributed by atoms with Gasteiger partial charge in [-0.1, -0.05) is 79.1 Å². The van der Waals surface area contributed by atoms with Crippen molar-refractivity contribution in [1.82, 2.24) is 9.55 Å². The highest BCUT2D eigenvalue weighted by Gasteiger charge is 2.20. The van der Waals surface area contributed by atoms with Gasteiger partial charge in [-0.15, -0.1) is 0 Å². The fourth-order valence-corrected chi connectivity index (χ4v) is 4.69. The lowest BCUT2D eigenvalue weighted by atomic mass is 10.2. The molecule has 1 heterocycles. The number of nitrogens with zero attached hydrogens (tertiary/aromatic N) is 2. The molecule has 148 valence electrons. The third-order valence-electron chi connectivity index (χ3n) is 4.11. The molecule has 0 saturated heterocycles. The number of rotatable bonds is 8. The molecule has 4 nitrogen and oxygen atoms in total. The average Bonchev–Trinajstić information content (AvgIpc) is 2.99. The molecule has 0 spiro atoms. The molecule has 0 aliphatic carbocycles. The molecule has 0 unspecified atom stereocenters. The first-order chi connectivity index (χ1) is 13.5. The van der Waals surface area contributed by atoms with Gasteiger partial charge in [-0.3, -0.25) is 4.57 Å². The molecular weight excluding hydrogens is 415 g/mol. The van der Waals surface area contributed by atoms with Crippen LogP contribution in [0.2, 0.25) is 10.0 Å². The molecule has 1 aromatic heterocycles. The number of benzene rings is 2. The quantitative estimate of drug-likeness (QED) is 0.461. The van der Waals surface area contributed by atoms with Crippen molar-refractivity contribution in [3.8, 4) is 0 Å². The zero-order chi connectivity index (χ0) is 20.1. The van der Waals surface area contributed by atoms with Crippen molar-refractivity contribution in [1.29, 1.82) is 0 Å². The SMILES string of the molecule is CC(C)c1nc(COCc2ccccc2)n(CO)c1Sc1cc(Cl)cc(Cl)c1. The highest BCUT2D eigenvalue weighted by atomic mass is 35.5. The average molecular weight is 437 g/mol. The number of aromatic nitrogens is 2. The zero-order valence-electron chi connectivity index (χ0n) is 15.7. The van der Waals surface area contributed by atoms with E-state index in [4.69, 9.17) is 32.9 Å². The normalized spacial score (nSPS) is 11.4. The smallest absolute Gasteiger partial charge is 0.137 e. The number of hydrogen-bond donors (Lipinski definition) is 1. The van der Waals surface area contributed by atoms with Crippen LogP contribution in [-0.2, 0) is 24.7 Å². The lowest BCUT2D eigenvalue weighted by Gasteiger charge is -2.11. The van der Waals surface area contributed by atoms with Crippen molar-refractivity contribution >= 4 is 35.0 Å². The van der Waals surface area contributed by atoms with Gasteiger partial charge in [0.05, 0.1) is 12.3 Å². The van der Waals surface area contributed by atoms with Gasteiger partial charge < -0.3 is 9.84 Å². The highest BCUT2D eigenvalue weighted by Crippen LogP contribution is 2.37. The molecular formula is C21H22Cl2N2O2S. The molecule has 3 rings (SSSR count). The number of aliphatic hydroxyl groups excluding tert-OH is 1. The minimum absolute atomic E-state index is 0.180. The van der Waals surface area contributed by atoms with E-state index in [-0.39, 0.29) is 12.6 Å². The van der Waals surface area contributed by atoms with Crippen molar-refractivity contribution in [3.05, 3.63) is 75.7 Å². The Balaban J connectivity index is 1.84. The Morgan fingerprint density at radius 1 is 1.07 bits per heavy atom. The minimum atomic E-state index is -0.180. The fraction of sp³-hybridized carbons (Fsp3) is 0.286. The number of hydrogen-bond acceptors (Lipinski definition) is 4. The van der Waals surface area contributed by atoms with Gasteiger partial charge in [-0.2, -0.15) is 0 Å². The monoisotopic (exact) mass is 436 g/mol. The topological polar surface area (TPSA) is 47.3 Å². The molecule has 7 heteroatoms. The van der Waals surface area contributed by atoms with Crippen LogP contribution in [0.3, 0.4) is 0 Å². The standard InChI is InChI=1S/C21H22Cl2N2O2S/c1-14(2)20-21(28-18-9-16(22)8-17(23)10-18)25(13-26)19(24-20)12-27-11-15-6-4-3-5-7-15/h3-10,14,26H,11-13H2,1-2H3. The van der Waals surface area contributed by atoms with Gasteiger partial charge in [0.1, 0.15) is 24.2 Å². The summed E-state index contributed by atoms with van der Waals surface area (Å²) in [5, 5.41) is 12.0. The number of halogens is 2. The van der Waals surface area contributed by atoms with E-state index in [9.17, 15) is 5.11 Å². The van der Waals surface area contributed by atoms with Crippen LogP contribution in [0, 0.1) is 0 Å². The van der Waals surface area contributed by atoms with Gasteiger partial charge in [0.2, 0.25) is 0 Å². The first-order valence-corrected chi connectivity index (χ1v) is 10.5. The summed E-state index contributed by atoms with van der Waals surface area (Å²) < 4.78 is 7.62. The molecule has 0 fully saturated rings. The largest absolute Gasteiger partial charge is 0.376 e. The molecule has 0 aliphatic heterocycles. The second-order valence-corrected chi connectivity index (χ2v) is 8.56. The van der Waals surface area contributed by atoms with Crippen LogP contribution in [0.1, 0.15) is 36.8 Å². The predicted octanol–water partition coefficient (Wildman–Crippen LogP) is 6.13. The summed E-state index contributed by atoms with van der Waals surface area (Å²) in [5.74, 6) is 0.885. The lowest BCUT2D eigenvalue weighted by Crippen LogP contribution is -2.07. The summed E-state index contributed by atoms with van der Waals surface area (Å²) in [6, 6.07) is 15.4. The van der Waals surface area contributed by atoms with Crippen LogP contribution in [0.4, 0.5) is 0 Å². The van der Waals surface area contributed by atoms with Crippen molar-refractivity contribution in [2.75, 3.05) is 0 Å². The maximum absolute atomic E-state index is 10.00.